The first-order valence-electron chi connectivity index (χ1n) is 12.1. The van der Waals surface area contributed by atoms with Gasteiger partial charge in [0.25, 0.3) is 0 Å². The van der Waals surface area contributed by atoms with Gasteiger partial charge in [0.15, 0.2) is 0 Å². The lowest BCUT2D eigenvalue weighted by Crippen LogP contribution is -2.56. The molecule has 0 radical (unpaired) electrons. The molecule has 0 unspecified atom stereocenters. The van der Waals surface area contributed by atoms with E-state index in [0.29, 0.717) is 12.0 Å². The van der Waals surface area contributed by atoms with Crippen molar-refractivity contribution in [3.8, 4) is 0 Å². The predicted molar refractivity (Wildman–Crippen MR) is 128 cm³/mol. The third-order valence-corrected chi connectivity index (χ3v) is 7.55. The van der Waals surface area contributed by atoms with Crippen LogP contribution in [0.3, 0.4) is 0 Å². The minimum Gasteiger partial charge on any atom is -0.334 e. The van der Waals surface area contributed by atoms with Crippen LogP contribution in [0, 0.1) is 0 Å². The lowest BCUT2D eigenvalue weighted by Gasteiger charge is -2.45. The molecule has 170 valence electrons. The van der Waals surface area contributed by atoms with E-state index in [4.69, 9.17) is 0 Å². The highest BCUT2D eigenvalue weighted by atomic mass is 16.2. The number of carbonyl (C=O) groups is 1. The molecule has 1 saturated heterocycles. The Kier molecular flexibility index (Phi) is 6.58. The van der Waals surface area contributed by atoms with E-state index in [-0.39, 0.29) is 12.1 Å². The molecule has 0 bridgehead atoms. The van der Waals surface area contributed by atoms with Gasteiger partial charge in [-0.3, -0.25) is 4.90 Å². The highest BCUT2D eigenvalue weighted by Gasteiger charge is 2.40. The van der Waals surface area contributed by atoms with Crippen LogP contribution in [0.1, 0.15) is 51.2 Å². The van der Waals surface area contributed by atoms with Gasteiger partial charge < -0.3 is 19.7 Å². The summed E-state index contributed by atoms with van der Waals surface area (Å²) in [5, 5.41) is 4.78. The van der Waals surface area contributed by atoms with Crippen LogP contribution in [0.15, 0.2) is 24.4 Å². The summed E-state index contributed by atoms with van der Waals surface area (Å²) < 4.78 is 2.44. The summed E-state index contributed by atoms with van der Waals surface area (Å²) in [5.41, 5.74) is 4.31. The van der Waals surface area contributed by atoms with Gasteiger partial charge in [-0.05, 0) is 64.0 Å². The number of nitrogens with zero attached hydrogens (tertiary/aromatic N) is 4. The molecule has 1 aliphatic carbocycles. The van der Waals surface area contributed by atoms with E-state index in [1.807, 2.05) is 18.7 Å². The molecule has 0 spiro atoms. The van der Waals surface area contributed by atoms with E-state index >= 15 is 0 Å². The predicted octanol–water partition coefficient (Wildman–Crippen LogP) is 3.70. The van der Waals surface area contributed by atoms with Gasteiger partial charge in [-0.1, -0.05) is 26.0 Å². The quantitative estimate of drug-likeness (QED) is 0.736. The van der Waals surface area contributed by atoms with E-state index in [2.05, 4.69) is 65.0 Å². The maximum absolute atomic E-state index is 12.7. The Morgan fingerprint density at radius 1 is 1.13 bits per heavy atom. The van der Waals surface area contributed by atoms with Crippen LogP contribution in [0.25, 0.3) is 10.9 Å². The molecule has 6 nitrogen and oxygen atoms in total. The normalized spacial score (nSPS) is 23.2. The molecule has 4 rings (SSSR count). The van der Waals surface area contributed by atoms with Crippen molar-refractivity contribution in [2.45, 2.75) is 65.2 Å². The SMILES string of the molecule is CCN(CC)Cn1cc2c3c(cccc31)[C@H]1C[C@H](NC(=O)N(CC)CC)CN(C)[C@@H]1C2. The standard InChI is InChI=1S/C25H39N5O/c1-6-28(7-2)17-30-15-18-13-23-21(20-11-10-12-22(30)24(18)20)14-19(16-27(23)5)26-25(31)29(8-3)9-4/h10-12,15,19,21,23H,6-9,13-14,16-17H2,1-5H3,(H,26,31)/t19-,21+,23+/m0/s1. The van der Waals surface area contributed by atoms with Crippen molar-refractivity contribution in [1.82, 2.24) is 24.6 Å². The van der Waals surface area contributed by atoms with E-state index in [1.54, 1.807) is 0 Å². The fourth-order valence-electron chi connectivity index (χ4n) is 5.76. The van der Waals surface area contributed by atoms with Crippen LogP contribution < -0.4 is 5.32 Å². The van der Waals surface area contributed by atoms with E-state index < -0.39 is 0 Å². The average Bonchev–Trinajstić information content (AvgIpc) is 3.12. The number of nitrogens with one attached hydrogen (secondary N) is 1. The molecular weight excluding hydrogens is 386 g/mol. The van der Waals surface area contributed by atoms with Gasteiger partial charge in [0.2, 0.25) is 0 Å². The number of rotatable bonds is 7. The Hall–Kier alpha value is -2.05. The Labute approximate surface area is 187 Å². The second kappa shape index (κ2) is 9.21. The lowest BCUT2D eigenvalue weighted by atomic mass is 9.74. The van der Waals surface area contributed by atoms with Gasteiger partial charge in [0, 0.05) is 54.7 Å². The van der Waals surface area contributed by atoms with Gasteiger partial charge >= 0.3 is 6.03 Å². The van der Waals surface area contributed by atoms with Crippen LogP contribution in [0.5, 0.6) is 0 Å². The summed E-state index contributed by atoms with van der Waals surface area (Å²) in [6, 6.07) is 7.59. The maximum atomic E-state index is 12.7. The second-order valence-corrected chi connectivity index (χ2v) is 9.18. The monoisotopic (exact) mass is 425 g/mol. The van der Waals surface area contributed by atoms with Crippen LogP contribution in [-0.2, 0) is 13.1 Å². The van der Waals surface area contributed by atoms with Crippen LogP contribution in [0.2, 0.25) is 0 Å². The number of piperidine rings is 1. The minimum atomic E-state index is 0.0712. The molecule has 2 heterocycles. The summed E-state index contributed by atoms with van der Waals surface area (Å²) in [6.45, 7) is 14.0. The number of benzene rings is 1. The first-order valence-corrected chi connectivity index (χ1v) is 12.1. The van der Waals surface area contributed by atoms with Crippen LogP contribution >= 0.6 is 0 Å². The third-order valence-electron chi connectivity index (χ3n) is 7.55. The summed E-state index contributed by atoms with van der Waals surface area (Å²) in [4.78, 5) is 19.5. The Balaban J connectivity index is 1.62. The van der Waals surface area contributed by atoms with Crippen molar-refractivity contribution in [3.63, 3.8) is 0 Å². The largest absolute Gasteiger partial charge is 0.334 e. The van der Waals surface area contributed by atoms with Gasteiger partial charge in [-0.25, -0.2) is 4.79 Å². The fourth-order valence-corrected chi connectivity index (χ4v) is 5.76. The van der Waals surface area contributed by atoms with Crippen LogP contribution in [0.4, 0.5) is 4.79 Å². The number of fused-ring (bicyclic) bond motifs is 2. The molecule has 2 aromatic rings. The molecule has 6 heteroatoms. The molecule has 1 aromatic carbocycles. The van der Waals surface area contributed by atoms with Gasteiger partial charge in [-0.2, -0.15) is 0 Å². The number of hydrogen-bond donors (Lipinski definition) is 1. The number of urea groups is 1. The highest BCUT2D eigenvalue weighted by Crippen LogP contribution is 2.43. The van der Waals surface area contributed by atoms with Crippen molar-refractivity contribution in [1.29, 1.82) is 0 Å². The molecule has 1 aliphatic heterocycles. The number of hydrogen-bond acceptors (Lipinski definition) is 3. The van der Waals surface area contributed by atoms with Crippen molar-refractivity contribution < 1.29 is 4.79 Å². The third kappa shape index (κ3) is 4.08. The Morgan fingerprint density at radius 3 is 2.55 bits per heavy atom. The maximum Gasteiger partial charge on any atom is 0.317 e. The van der Waals surface area contributed by atoms with E-state index in [9.17, 15) is 4.79 Å². The van der Waals surface area contributed by atoms with Crippen molar-refractivity contribution >= 4 is 16.9 Å². The number of aromatic nitrogens is 1. The topological polar surface area (TPSA) is 43.8 Å². The summed E-state index contributed by atoms with van der Waals surface area (Å²) in [6.07, 6.45) is 4.50. The summed E-state index contributed by atoms with van der Waals surface area (Å²) >= 11 is 0. The lowest BCUT2D eigenvalue weighted by molar-refractivity contribution is 0.124. The molecule has 1 aromatic heterocycles. The summed E-state index contributed by atoms with van der Waals surface area (Å²) in [7, 11) is 2.23. The van der Waals surface area contributed by atoms with E-state index in [0.717, 1.165) is 52.2 Å². The van der Waals surface area contributed by atoms with Crippen molar-refractivity contribution in [2.75, 3.05) is 39.8 Å². The minimum absolute atomic E-state index is 0.0712. The average molecular weight is 426 g/mol. The number of likely N-dealkylation sites (tertiary alicyclic amines) is 1. The molecule has 0 saturated carbocycles. The van der Waals surface area contributed by atoms with Gasteiger partial charge in [0.05, 0.1) is 6.67 Å². The summed E-state index contributed by atoms with van der Waals surface area (Å²) in [5.74, 6) is 0.459. The van der Waals surface area contributed by atoms with E-state index in [1.165, 1.54) is 22.0 Å². The Morgan fingerprint density at radius 2 is 1.87 bits per heavy atom. The Bertz CT molecular complexity index is 914. The molecule has 3 atom stereocenters. The van der Waals surface area contributed by atoms with Gasteiger partial charge in [0.1, 0.15) is 0 Å². The smallest absolute Gasteiger partial charge is 0.317 e. The molecule has 2 amide bonds. The molecule has 31 heavy (non-hydrogen) atoms. The second-order valence-electron chi connectivity index (χ2n) is 9.18. The van der Waals surface area contributed by atoms with Gasteiger partial charge in [-0.15, -0.1) is 0 Å². The number of carbonyl (C=O) groups excluding carboxylic acids is 1. The van der Waals surface area contributed by atoms with Crippen molar-refractivity contribution in [2.24, 2.45) is 0 Å². The van der Waals surface area contributed by atoms with Crippen molar-refractivity contribution in [3.05, 3.63) is 35.5 Å². The zero-order valence-corrected chi connectivity index (χ0v) is 19.9. The number of likely N-dealkylation sites (N-methyl/N-ethyl adjacent to an activating group) is 1. The molecular formula is C25H39N5O. The zero-order chi connectivity index (χ0) is 22.1. The first kappa shape index (κ1) is 22.2. The highest BCUT2D eigenvalue weighted by molar-refractivity contribution is 5.89. The van der Waals surface area contributed by atoms with Crippen LogP contribution in [-0.4, -0.2) is 77.2 Å². The molecule has 2 aliphatic rings. The fraction of sp³-hybridized carbons (Fsp3) is 0.640. The molecule has 1 N–H and O–H groups in total. The first-order chi connectivity index (χ1) is 15.0. The number of amides is 2. The zero-order valence-electron chi connectivity index (χ0n) is 19.9. The molecule has 1 fully saturated rings.